The molecular weight excluding hydrogens is 206 g/mol. The van der Waals surface area contributed by atoms with Crippen LogP contribution in [0.3, 0.4) is 0 Å². The standard InChI is InChI=1S/C12H25NO3/c1-6-13(9-12(4,5)15)10(3)8-11(14)16-7-2/h10,15H,6-9H2,1-5H3. The second-order valence-electron chi connectivity index (χ2n) is 4.73. The molecular formula is C12H25NO3. The average molecular weight is 231 g/mol. The number of esters is 1. The molecule has 0 spiro atoms. The number of ether oxygens (including phenoxy) is 1. The fourth-order valence-electron chi connectivity index (χ4n) is 1.67. The zero-order valence-electron chi connectivity index (χ0n) is 11.1. The summed E-state index contributed by atoms with van der Waals surface area (Å²) >= 11 is 0. The van der Waals surface area contributed by atoms with Crippen LogP contribution in [0.25, 0.3) is 0 Å². The van der Waals surface area contributed by atoms with Crippen LogP contribution in [0, 0.1) is 0 Å². The van der Waals surface area contributed by atoms with E-state index in [9.17, 15) is 9.90 Å². The topological polar surface area (TPSA) is 49.8 Å². The van der Waals surface area contributed by atoms with Crippen molar-refractivity contribution in [3.63, 3.8) is 0 Å². The Morgan fingerprint density at radius 3 is 2.38 bits per heavy atom. The summed E-state index contributed by atoms with van der Waals surface area (Å²) < 4.78 is 4.91. The molecule has 0 saturated carbocycles. The monoisotopic (exact) mass is 231 g/mol. The highest BCUT2D eigenvalue weighted by molar-refractivity contribution is 5.70. The first-order chi connectivity index (χ1) is 7.30. The van der Waals surface area contributed by atoms with E-state index in [1.807, 2.05) is 13.8 Å². The van der Waals surface area contributed by atoms with Gasteiger partial charge in [0.05, 0.1) is 18.6 Å². The number of rotatable bonds is 7. The summed E-state index contributed by atoms with van der Waals surface area (Å²) in [6.07, 6.45) is 0.373. The third-order valence-electron chi connectivity index (χ3n) is 2.39. The van der Waals surface area contributed by atoms with Crippen LogP contribution in [0.2, 0.25) is 0 Å². The number of hydrogen-bond acceptors (Lipinski definition) is 4. The summed E-state index contributed by atoms with van der Waals surface area (Å²) in [6.45, 7) is 11.1. The molecule has 0 bridgehead atoms. The van der Waals surface area contributed by atoms with E-state index >= 15 is 0 Å². The number of aliphatic hydroxyl groups is 1. The van der Waals surface area contributed by atoms with E-state index in [0.717, 1.165) is 6.54 Å². The molecule has 1 unspecified atom stereocenters. The number of hydrogen-bond donors (Lipinski definition) is 1. The van der Waals surface area contributed by atoms with Crippen molar-refractivity contribution in [2.75, 3.05) is 19.7 Å². The SMILES string of the molecule is CCOC(=O)CC(C)N(CC)CC(C)(C)O. The molecule has 0 aliphatic carbocycles. The molecule has 0 amide bonds. The van der Waals surface area contributed by atoms with Crippen molar-refractivity contribution in [3.05, 3.63) is 0 Å². The van der Waals surface area contributed by atoms with Gasteiger partial charge in [0.2, 0.25) is 0 Å². The molecule has 0 aliphatic rings. The van der Waals surface area contributed by atoms with Gasteiger partial charge < -0.3 is 9.84 Å². The number of nitrogens with zero attached hydrogens (tertiary/aromatic N) is 1. The maximum atomic E-state index is 11.3. The van der Waals surface area contributed by atoms with E-state index in [1.54, 1.807) is 20.8 Å². The second kappa shape index (κ2) is 6.86. The van der Waals surface area contributed by atoms with Gasteiger partial charge in [0, 0.05) is 12.6 Å². The van der Waals surface area contributed by atoms with Crippen molar-refractivity contribution >= 4 is 5.97 Å². The smallest absolute Gasteiger partial charge is 0.307 e. The lowest BCUT2D eigenvalue weighted by atomic mass is 10.1. The second-order valence-corrected chi connectivity index (χ2v) is 4.73. The summed E-state index contributed by atoms with van der Waals surface area (Å²) in [6, 6.07) is 0.0930. The molecule has 1 N–H and O–H groups in total. The van der Waals surface area contributed by atoms with Gasteiger partial charge in [0.25, 0.3) is 0 Å². The number of carbonyl (C=O) groups is 1. The van der Waals surface area contributed by atoms with Crippen molar-refractivity contribution in [3.8, 4) is 0 Å². The van der Waals surface area contributed by atoms with E-state index in [4.69, 9.17) is 4.74 Å². The van der Waals surface area contributed by atoms with Crippen molar-refractivity contribution in [1.29, 1.82) is 0 Å². The van der Waals surface area contributed by atoms with Gasteiger partial charge in [0.1, 0.15) is 0 Å². The van der Waals surface area contributed by atoms with Gasteiger partial charge in [-0.05, 0) is 34.2 Å². The molecule has 0 fully saturated rings. The van der Waals surface area contributed by atoms with Gasteiger partial charge in [-0.1, -0.05) is 6.92 Å². The van der Waals surface area contributed by atoms with Crippen molar-refractivity contribution in [2.45, 2.75) is 52.7 Å². The Morgan fingerprint density at radius 2 is 2.00 bits per heavy atom. The van der Waals surface area contributed by atoms with Crippen LogP contribution in [0.1, 0.15) is 41.0 Å². The van der Waals surface area contributed by atoms with E-state index in [1.165, 1.54) is 0 Å². The van der Waals surface area contributed by atoms with Crippen LogP contribution in [0.5, 0.6) is 0 Å². The zero-order chi connectivity index (χ0) is 12.8. The normalized spacial score (nSPS) is 13.9. The molecule has 0 saturated heterocycles. The van der Waals surface area contributed by atoms with Gasteiger partial charge in [-0.15, -0.1) is 0 Å². The Morgan fingerprint density at radius 1 is 1.44 bits per heavy atom. The Kier molecular flexibility index (Phi) is 6.60. The summed E-state index contributed by atoms with van der Waals surface area (Å²) in [5, 5.41) is 9.75. The average Bonchev–Trinajstić information content (AvgIpc) is 2.12. The van der Waals surface area contributed by atoms with Crippen molar-refractivity contribution < 1.29 is 14.6 Å². The van der Waals surface area contributed by atoms with E-state index in [0.29, 0.717) is 19.6 Å². The predicted octanol–water partition coefficient (Wildman–Crippen LogP) is 1.42. The molecule has 4 nitrogen and oxygen atoms in total. The lowest BCUT2D eigenvalue weighted by molar-refractivity contribution is -0.144. The van der Waals surface area contributed by atoms with Crippen LogP contribution >= 0.6 is 0 Å². The minimum absolute atomic E-state index is 0.0930. The Balaban J connectivity index is 4.20. The fourth-order valence-corrected chi connectivity index (χ4v) is 1.67. The molecule has 16 heavy (non-hydrogen) atoms. The maximum absolute atomic E-state index is 11.3. The molecule has 0 aromatic carbocycles. The molecule has 0 radical (unpaired) electrons. The van der Waals surface area contributed by atoms with Gasteiger partial charge in [-0.2, -0.15) is 0 Å². The first-order valence-corrected chi connectivity index (χ1v) is 5.92. The Bertz CT molecular complexity index is 211. The lowest BCUT2D eigenvalue weighted by Crippen LogP contribution is -2.44. The maximum Gasteiger partial charge on any atom is 0.307 e. The third-order valence-corrected chi connectivity index (χ3v) is 2.39. The molecule has 0 heterocycles. The van der Waals surface area contributed by atoms with Crippen LogP contribution < -0.4 is 0 Å². The summed E-state index contributed by atoms with van der Waals surface area (Å²) in [4.78, 5) is 13.4. The minimum atomic E-state index is -0.737. The largest absolute Gasteiger partial charge is 0.466 e. The number of likely N-dealkylation sites (N-methyl/N-ethyl adjacent to an activating group) is 1. The first-order valence-electron chi connectivity index (χ1n) is 5.92. The van der Waals surface area contributed by atoms with Gasteiger partial charge in [0.15, 0.2) is 0 Å². The van der Waals surface area contributed by atoms with Gasteiger partial charge in [-0.25, -0.2) is 0 Å². The predicted molar refractivity (Wildman–Crippen MR) is 64.3 cm³/mol. The minimum Gasteiger partial charge on any atom is -0.466 e. The van der Waals surface area contributed by atoms with E-state index in [2.05, 4.69) is 4.90 Å². The van der Waals surface area contributed by atoms with Crippen molar-refractivity contribution in [1.82, 2.24) is 4.90 Å². The first kappa shape index (κ1) is 15.4. The van der Waals surface area contributed by atoms with Gasteiger partial charge >= 0.3 is 5.97 Å². The molecule has 1 atom stereocenters. The quantitative estimate of drug-likeness (QED) is 0.673. The van der Waals surface area contributed by atoms with Crippen LogP contribution in [0.4, 0.5) is 0 Å². The zero-order valence-corrected chi connectivity index (χ0v) is 11.1. The summed E-state index contributed by atoms with van der Waals surface area (Å²) in [7, 11) is 0. The molecule has 0 aromatic heterocycles. The summed E-state index contributed by atoms with van der Waals surface area (Å²) in [5.74, 6) is -0.177. The van der Waals surface area contributed by atoms with E-state index in [-0.39, 0.29) is 12.0 Å². The molecule has 0 rings (SSSR count). The molecule has 0 aliphatic heterocycles. The highest BCUT2D eigenvalue weighted by Gasteiger charge is 2.22. The summed E-state index contributed by atoms with van der Waals surface area (Å²) in [5.41, 5.74) is -0.737. The van der Waals surface area contributed by atoms with E-state index < -0.39 is 5.60 Å². The molecule has 96 valence electrons. The highest BCUT2D eigenvalue weighted by Crippen LogP contribution is 2.11. The number of carbonyl (C=O) groups excluding carboxylic acids is 1. The molecule has 4 heteroatoms. The lowest BCUT2D eigenvalue weighted by Gasteiger charge is -2.32. The van der Waals surface area contributed by atoms with Crippen LogP contribution in [0.15, 0.2) is 0 Å². The van der Waals surface area contributed by atoms with Crippen LogP contribution in [-0.2, 0) is 9.53 Å². The van der Waals surface area contributed by atoms with Gasteiger partial charge in [-0.3, -0.25) is 9.69 Å². The third kappa shape index (κ3) is 6.80. The Labute approximate surface area is 98.6 Å². The Hall–Kier alpha value is -0.610. The fraction of sp³-hybridized carbons (Fsp3) is 0.917. The molecule has 0 aromatic rings. The van der Waals surface area contributed by atoms with Crippen LogP contribution in [-0.4, -0.2) is 47.3 Å². The highest BCUT2D eigenvalue weighted by atomic mass is 16.5. The van der Waals surface area contributed by atoms with Crippen molar-refractivity contribution in [2.24, 2.45) is 0 Å².